The molecule has 4 nitrogen and oxygen atoms in total. The summed E-state index contributed by atoms with van der Waals surface area (Å²) in [7, 11) is 1.83. The minimum absolute atomic E-state index is 0.252. The highest BCUT2D eigenvalue weighted by atomic mass is 32.1. The van der Waals surface area contributed by atoms with Gasteiger partial charge in [-0.1, -0.05) is 6.07 Å². The molecule has 2 rings (SSSR count). The normalized spacial score (nSPS) is 11.3. The van der Waals surface area contributed by atoms with Gasteiger partial charge in [0.05, 0.1) is 11.8 Å². The average Bonchev–Trinajstić information content (AvgIpc) is 2.76. The van der Waals surface area contributed by atoms with Gasteiger partial charge >= 0.3 is 6.18 Å². The van der Waals surface area contributed by atoms with Gasteiger partial charge in [-0.05, 0) is 37.3 Å². The first kappa shape index (κ1) is 16.3. The molecular formula is C14H15F3N4S. The molecule has 0 radical (unpaired) electrons. The highest BCUT2D eigenvalue weighted by Crippen LogP contribution is 2.30. The van der Waals surface area contributed by atoms with E-state index in [0.717, 1.165) is 23.4 Å². The minimum Gasteiger partial charge on any atom is -0.358 e. The van der Waals surface area contributed by atoms with E-state index in [0.29, 0.717) is 6.54 Å². The van der Waals surface area contributed by atoms with E-state index >= 15 is 0 Å². The van der Waals surface area contributed by atoms with E-state index in [1.165, 1.54) is 12.1 Å². The topological polar surface area (TPSA) is 41.9 Å². The van der Waals surface area contributed by atoms with Gasteiger partial charge in [0.15, 0.2) is 5.11 Å². The summed E-state index contributed by atoms with van der Waals surface area (Å²) in [5, 5.41) is 10.0. The van der Waals surface area contributed by atoms with Crippen molar-refractivity contribution in [3.8, 4) is 0 Å². The number of aromatic nitrogens is 2. The second kappa shape index (κ2) is 6.35. The van der Waals surface area contributed by atoms with Gasteiger partial charge < -0.3 is 10.6 Å². The summed E-state index contributed by atoms with van der Waals surface area (Å²) >= 11 is 5.09. The van der Waals surface area contributed by atoms with E-state index in [-0.39, 0.29) is 10.8 Å². The van der Waals surface area contributed by atoms with Crippen LogP contribution in [-0.2, 0) is 19.8 Å². The van der Waals surface area contributed by atoms with Crippen LogP contribution in [0.3, 0.4) is 0 Å². The van der Waals surface area contributed by atoms with Crippen molar-refractivity contribution in [2.24, 2.45) is 7.05 Å². The maximum absolute atomic E-state index is 12.6. The lowest BCUT2D eigenvalue weighted by atomic mass is 10.2. The van der Waals surface area contributed by atoms with Gasteiger partial charge in [-0.2, -0.15) is 18.3 Å². The third kappa shape index (κ3) is 3.97. The molecule has 0 unspecified atom stereocenters. The van der Waals surface area contributed by atoms with Crippen LogP contribution < -0.4 is 10.6 Å². The molecule has 2 aromatic rings. The lowest BCUT2D eigenvalue weighted by molar-refractivity contribution is -0.137. The van der Waals surface area contributed by atoms with Crippen LogP contribution in [0.1, 0.15) is 16.8 Å². The van der Waals surface area contributed by atoms with Gasteiger partial charge in [-0.25, -0.2) is 0 Å². The maximum atomic E-state index is 12.6. The number of hydrogen-bond donors (Lipinski definition) is 2. The molecular weight excluding hydrogens is 313 g/mol. The Labute approximate surface area is 131 Å². The second-order valence-corrected chi connectivity index (χ2v) is 5.17. The van der Waals surface area contributed by atoms with Crippen LogP contribution in [0.4, 0.5) is 18.9 Å². The number of hydrogen-bond acceptors (Lipinski definition) is 2. The smallest absolute Gasteiger partial charge is 0.358 e. The molecule has 0 aliphatic heterocycles. The molecule has 118 valence electrons. The zero-order valence-corrected chi connectivity index (χ0v) is 12.8. The molecule has 0 fully saturated rings. The third-order valence-corrected chi connectivity index (χ3v) is 3.47. The number of rotatable bonds is 3. The highest BCUT2D eigenvalue weighted by Gasteiger charge is 2.30. The second-order valence-electron chi connectivity index (χ2n) is 4.77. The van der Waals surface area contributed by atoms with Crippen molar-refractivity contribution in [2.45, 2.75) is 19.6 Å². The number of halogens is 3. The Balaban J connectivity index is 1.96. The van der Waals surface area contributed by atoms with Crippen LogP contribution in [0.15, 0.2) is 30.5 Å². The number of alkyl halides is 3. The van der Waals surface area contributed by atoms with E-state index in [9.17, 15) is 13.2 Å². The lowest BCUT2D eigenvalue weighted by Crippen LogP contribution is -2.28. The number of nitrogens with zero attached hydrogens (tertiary/aromatic N) is 2. The summed E-state index contributed by atoms with van der Waals surface area (Å²) in [5.74, 6) is 0. The summed E-state index contributed by atoms with van der Waals surface area (Å²) in [4.78, 5) is 0. The molecule has 0 bridgehead atoms. The number of aryl methyl sites for hydroxylation is 1. The van der Waals surface area contributed by atoms with Gasteiger partial charge in [-0.15, -0.1) is 0 Å². The van der Waals surface area contributed by atoms with E-state index in [4.69, 9.17) is 12.2 Å². The predicted octanol–water partition coefficient (Wildman–Crippen LogP) is 3.23. The molecule has 2 N–H and O–H groups in total. The molecule has 0 aliphatic rings. The van der Waals surface area contributed by atoms with Gasteiger partial charge in [0, 0.05) is 30.5 Å². The van der Waals surface area contributed by atoms with Gasteiger partial charge in [0.25, 0.3) is 0 Å². The molecule has 0 aliphatic carbocycles. The number of anilines is 1. The molecule has 1 aromatic heterocycles. The van der Waals surface area contributed by atoms with Gasteiger partial charge in [-0.3, -0.25) is 4.68 Å². The third-order valence-electron chi connectivity index (χ3n) is 3.22. The van der Waals surface area contributed by atoms with Crippen LogP contribution in [0.25, 0.3) is 0 Å². The Morgan fingerprint density at radius 3 is 2.68 bits per heavy atom. The first-order valence-electron chi connectivity index (χ1n) is 6.47. The van der Waals surface area contributed by atoms with Gasteiger partial charge in [0.2, 0.25) is 0 Å². The summed E-state index contributed by atoms with van der Waals surface area (Å²) in [6, 6.07) is 4.89. The minimum atomic E-state index is -4.38. The largest absolute Gasteiger partial charge is 0.416 e. The SMILES string of the molecule is Cc1c(CNC(=S)Nc2cccc(C(F)(F)F)c2)cnn1C. The lowest BCUT2D eigenvalue weighted by Gasteiger charge is -2.12. The zero-order valence-electron chi connectivity index (χ0n) is 12.0. The van der Waals surface area contributed by atoms with E-state index < -0.39 is 11.7 Å². The number of benzene rings is 1. The fourth-order valence-corrected chi connectivity index (χ4v) is 2.03. The first-order valence-corrected chi connectivity index (χ1v) is 6.88. The molecule has 0 saturated heterocycles. The van der Waals surface area contributed by atoms with Crippen molar-refractivity contribution >= 4 is 23.0 Å². The fraction of sp³-hybridized carbons (Fsp3) is 0.286. The van der Waals surface area contributed by atoms with Gasteiger partial charge in [0.1, 0.15) is 0 Å². The van der Waals surface area contributed by atoms with Crippen molar-refractivity contribution in [2.75, 3.05) is 5.32 Å². The summed E-state index contributed by atoms with van der Waals surface area (Å²) < 4.78 is 39.6. The molecule has 0 atom stereocenters. The highest BCUT2D eigenvalue weighted by molar-refractivity contribution is 7.80. The molecule has 0 amide bonds. The Hall–Kier alpha value is -2.09. The Morgan fingerprint density at radius 2 is 2.09 bits per heavy atom. The predicted molar refractivity (Wildman–Crippen MR) is 82.4 cm³/mol. The summed E-state index contributed by atoms with van der Waals surface area (Å²) in [6.45, 7) is 2.37. The monoisotopic (exact) mass is 328 g/mol. The Morgan fingerprint density at radius 1 is 1.36 bits per heavy atom. The molecule has 22 heavy (non-hydrogen) atoms. The van der Waals surface area contributed by atoms with Crippen LogP contribution in [0.5, 0.6) is 0 Å². The summed E-state index contributed by atoms with van der Waals surface area (Å²) in [5.41, 5.74) is 1.53. The number of thiocarbonyl (C=S) groups is 1. The van der Waals surface area contributed by atoms with E-state index in [1.807, 2.05) is 14.0 Å². The zero-order chi connectivity index (χ0) is 16.3. The van der Waals surface area contributed by atoms with Crippen LogP contribution >= 0.6 is 12.2 Å². The average molecular weight is 328 g/mol. The van der Waals surface area contributed by atoms with Crippen LogP contribution in [0, 0.1) is 6.92 Å². The molecule has 8 heteroatoms. The van der Waals surface area contributed by atoms with Crippen LogP contribution in [0.2, 0.25) is 0 Å². The Bertz CT molecular complexity index is 679. The van der Waals surface area contributed by atoms with E-state index in [2.05, 4.69) is 15.7 Å². The maximum Gasteiger partial charge on any atom is 0.416 e. The fourth-order valence-electron chi connectivity index (χ4n) is 1.84. The van der Waals surface area contributed by atoms with Crippen LogP contribution in [-0.4, -0.2) is 14.9 Å². The van der Waals surface area contributed by atoms with Crippen molar-refractivity contribution in [1.82, 2.24) is 15.1 Å². The molecule has 0 saturated carbocycles. The van der Waals surface area contributed by atoms with Crippen molar-refractivity contribution in [1.29, 1.82) is 0 Å². The standard InChI is InChI=1S/C14H15F3N4S/c1-9-10(8-19-21(9)2)7-18-13(22)20-12-5-3-4-11(6-12)14(15,16)17/h3-6,8H,7H2,1-2H3,(H2,18,20,22). The summed E-state index contributed by atoms with van der Waals surface area (Å²) in [6.07, 6.45) is -2.66. The van der Waals surface area contributed by atoms with Crippen molar-refractivity contribution in [3.63, 3.8) is 0 Å². The Kier molecular flexibility index (Phi) is 4.70. The quantitative estimate of drug-likeness (QED) is 0.849. The van der Waals surface area contributed by atoms with Crippen molar-refractivity contribution in [3.05, 3.63) is 47.3 Å². The molecule has 1 aromatic carbocycles. The number of nitrogens with one attached hydrogen (secondary N) is 2. The van der Waals surface area contributed by atoms with Crippen molar-refractivity contribution < 1.29 is 13.2 Å². The first-order chi connectivity index (χ1) is 10.3. The van der Waals surface area contributed by atoms with E-state index in [1.54, 1.807) is 10.9 Å². The molecule has 0 spiro atoms. The molecule has 1 heterocycles.